The van der Waals surface area contributed by atoms with Crippen LogP contribution in [0.5, 0.6) is 0 Å². The number of hydrogen-bond acceptors (Lipinski definition) is 3. The minimum atomic E-state index is 0.508. The van der Waals surface area contributed by atoms with Crippen molar-refractivity contribution in [3.05, 3.63) is 29.3 Å². The van der Waals surface area contributed by atoms with E-state index in [1.165, 1.54) is 5.69 Å². The SMILES string of the molecule is C[C@@H]1CN(c2ccc(Cl)cc2)C[C@H](C)N1CCCC#N. The second-order valence-corrected chi connectivity index (χ2v) is 6.02. The molecule has 1 aromatic rings. The van der Waals surface area contributed by atoms with E-state index in [-0.39, 0.29) is 0 Å². The predicted molar refractivity (Wildman–Crippen MR) is 84.1 cm³/mol. The van der Waals surface area contributed by atoms with Gasteiger partial charge in [0.05, 0.1) is 6.07 Å². The van der Waals surface area contributed by atoms with Crippen LogP contribution in [0, 0.1) is 11.3 Å². The largest absolute Gasteiger partial charge is 0.368 e. The van der Waals surface area contributed by atoms with Crippen LogP contribution in [0.15, 0.2) is 24.3 Å². The Kier molecular flexibility index (Phi) is 5.28. The summed E-state index contributed by atoms with van der Waals surface area (Å²) in [5.41, 5.74) is 1.24. The number of anilines is 1. The molecule has 4 heteroatoms. The van der Waals surface area contributed by atoms with Crippen molar-refractivity contribution in [3.8, 4) is 6.07 Å². The minimum absolute atomic E-state index is 0.508. The monoisotopic (exact) mass is 291 g/mol. The molecular weight excluding hydrogens is 270 g/mol. The molecule has 0 N–H and O–H groups in total. The zero-order valence-corrected chi connectivity index (χ0v) is 13.0. The molecule has 1 saturated heterocycles. The first-order valence-electron chi connectivity index (χ1n) is 7.25. The van der Waals surface area contributed by atoms with Gasteiger partial charge in [-0.2, -0.15) is 5.26 Å². The van der Waals surface area contributed by atoms with Crippen LogP contribution in [-0.2, 0) is 0 Å². The van der Waals surface area contributed by atoms with Crippen molar-refractivity contribution < 1.29 is 0 Å². The minimum Gasteiger partial charge on any atom is -0.368 e. The number of halogens is 1. The Balaban J connectivity index is 1.98. The van der Waals surface area contributed by atoms with Crippen LogP contribution >= 0.6 is 11.6 Å². The van der Waals surface area contributed by atoms with E-state index in [1.807, 2.05) is 12.1 Å². The Morgan fingerprint density at radius 2 is 1.80 bits per heavy atom. The Bertz CT molecular complexity index is 454. The van der Waals surface area contributed by atoms with Gasteiger partial charge in [-0.05, 0) is 51.1 Å². The maximum Gasteiger partial charge on any atom is 0.0622 e. The van der Waals surface area contributed by atoms with Gasteiger partial charge in [0.25, 0.3) is 0 Å². The van der Waals surface area contributed by atoms with Crippen LogP contribution in [0.25, 0.3) is 0 Å². The lowest BCUT2D eigenvalue weighted by Gasteiger charge is -2.45. The molecule has 1 aliphatic rings. The van der Waals surface area contributed by atoms with Crippen molar-refractivity contribution in [3.63, 3.8) is 0 Å². The van der Waals surface area contributed by atoms with Gasteiger partial charge in [0, 0.05) is 42.3 Å². The van der Waals surface area contributed by atoms with Crippen molar-refractivity contribution in [2.45, 2.75) is 38.8 Å². The second kappa shape index (κ2) is 6.97. The van der Waals surface area contributed by atoms with Crippen molar-refractivity contribution in [2.75, 3.05) is 24.5 Å². The maximum atomic E-state index is 8.65. The lowest BCUT2D eigenvalue weighted by atomic mass is 10.1. The number of nitriles is 1. The third-order valence-corrected chi connectivity index (χ3v) is 4.25. The lowest BCUT2D eigenvalue weighted by molar-refractivity contribution is 0.131. The van der Waals surface area contributed by atoms with Gasteiger partial charge in [0.2, 0.25) is 0 Å². The van der Waals surface area contributed by atoms with Crippen LogP contribution < -0.4 is 4.90 Å². The topological polar surface area (TPSA) is 30.3 Å². The number of nitrogens with zero attached hydrogens (tertiary/aromatic N) is 3. The standard InChI is InChI=1S/C16H22ClN3/c1-13-11-19(16-7-5-15(17)6-8-16)12-14(2)20(13)10-4-3-9-18/h5-8,13-14H,3-4,10-12H2,1-2H3/t13-,14+. The van der Waals surface area contributed by atoms with Crippen molar-refractivity contribution in [1.29, 1.82) is 5.26 Å². The Hall–Kier alpha value is -1.24. The Morgan fingerprint density at radius 1 is 1.20 bits per heavy atom. The van der Waals surface area contributed by atoms with E-state index in [4.69, 9.17) is 16.9 Å². The highest BCUT2D eigenvalue weighted by molar-refractivity contribution is 6.30. The van der Waals surface area contributed by atoms with Gasteiger partial charge in [0.15, 0.2) is 0 Å². The molecule has 0 radical (unpaired) electrons. The summed E-state index contributed by atoms with van der Waals surface area (Å²) >= 11 is 5.95. The van der Waals surface area contributed by atoms with E-state index in [0.29, 0.717) is 18.5 Å². The number of unbranched alkanes of at least 4 members (excludes halogenated alkanes) is 1. The molecule has 0 bridgehead atoms. The van der Waals surface area contributed by atoms with E-state index in [9.17, 15) is 0 Å². The third kappa shape index (κ3) is 3.65. The second-order valence-electron chi connectivity index (χ2n) is 5.58. The normalized spacial score (nSPS) is 23.6. The van der Waals surface area contributed by atoms with E-state index < -0.39 is 0 Å². The summed E-state index contributed by atoms with van der Waals surface area (Å²) in [6.07, 6.45) is 1.61. The molecule has 1 fully saturated rings. The summed E-state index contributed by atoms with van der Waals surface area (Å²) in [6.45, 7) is 7.61. The van der Waals surface area contributed by atoms with E-state index in [1.54, 1.807) is 0 Å². The van der Waals surface area contributed by atoms with Gasteiger partial charge >= 0.3 is 0 Å². The smallest absolute Gasteiger partial charge is 0.0622 e. The summed E-state index contributed by atoms with van der Waals surface area (Å²) in [5, 5.41) is 9.44. The van der Waals surface area contributed by atoms with E-state index in [2.05, 4.69) is 41.8 Å². The van der Waals surface area contributed by atoms with E-state index >= 15 is 0 Å². The molecule has 0 unspecified atom stereocenters. The third-order valence-electron chi connectivity index (χ3n) is 4.00. The summed E-state index contributed by atoms with van der Waals surface area (Å²) in [4.78, 5) is 4.94. The van der Waals surface area contributed by atoms with Crippen molar-refractivity contribution in [1.82, 2.24) is 4.90 Å². The number of rotatable bonds is 4. The average Bonchev–Trinajstić information content (AvgIpc) is 2.42. The number of piperazine rings is 1. The highest BCUT2D eigenvalue weighted by Gasteiger charge is 2.28. The van der Waals surface area contributed by atoms with Gasteiger partial charge in [-0.3, -0.25) is 4.90 Å². The van der Waals surface area contributed by atoms with Crippen LogP contribution in [0.4, 0.5) is 5.69 Å². The van der Waals surface area contributed by atoms with Crippen LogP contribution in [0.3, 0.4) is 0 Å². The van der Waals surface area contributed by atoms with Gasteiger partial charge in [-0.25, -0.2) is 0 Å². The molecule has 0 amide bonds. The molecule has 0 aliphatic carbocycles. The molecule has 1 aromatic carbocycles. The molecule has 20 heavy (non-hydrogen) atoms. The average molecular weight is 292 g/mol. The van der Waals surface area contributed by atoms with Gasteiger partial charge < -0.3 is 4.90 Å². The summed E-state index contributed by atoms with van der Waals surface area (Å²) in [6, 6.07) is 11.3. The fourth-order valence-electron chi connectivity index (χ4n) is 3.00. The molecule has 1 aliphatic heterocycles. The van der Waals surface area contributed by atoms with Crippen LogP contribution in [0.2, 0.25) is 5.02 Å². The summed E-state index contributed by atoms with van der Waals surface area (Å²) in [5.74, 6) is 0. The molecule has 2 atom stereocenters. The maximum absolute atomic E-state index is 8.65. The van der Waals surface area contributed by atoms with Crippen LogP contribution in [0.1, 0.15) is 26.7 Å². The van der Waals surface area contributed by atoms with Crippen molar-refractivity contribution in [2.24, 2.45) is 0 Å². The molecular formula is C16H22ClN3. The first kappa shape index (κ1) is 15.2. The summed E-state index contributed by atoms with van der Waals surface area (Å²) in [7, 11) is 0. The van der Waals surface area contributed by atoms with E-state index in [0.717, 1.165) is 31.1 Å². The predicted octanol–water partition coefficient (Wildman–Crippen LogP) is 3.54. The quantitative estimate of drug-likeness (QED) is 0.795. The molecule has 0 spiro atoms. The Labute approximate surface area is 126 Å². The van der Waals surface area contributed by atoms with Gasteiger partial charge in [0.1, 0.15) is 0 Å². The highest BCUT2D eigenvalue weighted by Crippen LogP contribution is 2.24. The molecule has 0 saturated carbocycles. The number of benzene rings is 1. The zero-order chi connectivity index (χ0) is 14.5. The molecule has 3 nitrogen and oxygen atoms in total. The Morgan fingerprint density at radius 3 is 2.35 bits per heavy atom. The first-order valence-corrected chi connectivity index (χ1v) is 7.63. The molecule has 0 aromatic heterocycles. The zero-order valence-electron chi connectivity index (χ0n) is 12.2. The molecule has 108 valence electrons. The fourth-order valence-corrected chi connectivity index (χ4v) is 3.13. The number of hydrogen-bond donors (Lipinski definition) is 0. The van der Waals surface area contributed by atoms with Gasteiger partial charge in [-0.1, -0.05) is 11.6 Å². The van der Waals surface area contributed by atoms with Crippen molar-refractivity contribution >= 4 is 17.3 Å². The molecule has 2 rings (SSSR count). The fraction of sp³-hybridized carbons (Fsp3) is 0.562. The summed E-state index contributed by atoms with van der Waals surface area (Å²) < 4.78 is 0. The highest BCUT2D eigenvalue weighted by atomic mass is 35.5. The van der Waals surface area contributed by atoms with Crippen LogP contribution in [-0.4, -0.2) is 36.6 Å². The lowest BCUT2D eigenvalue weighted by Crippen LogP contribution is -2.56. The first-order chi connectivity index (χ1) is 9.61. The molecule has 1 heterocycles. The van der Waals surface area contributed by atoms with Gasteiger partial charge in [-0.15, -0.1) is 0 Å².